The number of ketones is 1. The van der Waals surface area contributed by atoms with Crippen LogP contribution in [0.3, 0.4) is 0 Å². The minimum atomic E-state index is -3.75. The molecule has 0 aromatic heterocycles. The van der Waals surface area contributed by atoms with Gasteiger partial charge in [-0.3, -0.25) is 4.79 Å². The molecule has 1 aliphatic heterocycles. The molecular weight excluding hydrogens is 418 g/mol. The van der Waals surface area contributed by atoms with Crippen LogP contribution in [0.2, 0.25) is 0 Å². The van der Waals surface area contributed by atoms with Gasteiger partial charge in [0.2, 0.25) is 15.8 Å². The maximum atomic E-state index is 13.1. The number of benzene rings is 2. The minimum Gasteiger partial charge on any atom is -0.496 e. The zero-order valence-corrected chi connectivity index (χ0v) is 18.6. The highest BCUT2D eigenvalue weighted by Gasteiger charge is 2.28. The molecule has 1 atom stereocenters. The number of rotatable bonds is 7. The van der Waals surface area contributed by atoms with E-state index in [0.717, 1.165) is 25.7 Å². The summed E-state index contributed by atoms with van der Waals surface area (Å²) in [7, 11) is -2.37. The van der Waals surface area contributed by atoms with Gasteiger partial charge in [0.1, 0.15) is 11.3 Å². The average molecular weight is 446 g/mol. The summed E-state index contributed by atoms with van der Waals surface area (Å²) >= 11 is 0. The number of methoxy groups -OCH3 is 1. The Balaban J connectivity index is 1.84. The van der Waals surface area contributed by atoms with Crippen LogP contribution >= 0.6 is 0 Å². The Morgan fingerprint density at radius 3 is 2.23 bits per heavy atom. The monoisotopic (exact) mass is 445 g/mol. The highest BCUT2D eigenvalue weighted by Crippen LogP contribution is 2.27. The van der Waals surface area contributed by atoms with Crippen LogP contribution in [0.5, 0.6) is 5.75 Å². The lowest BCUT2D eigenvalue weighted by Crippen LogP contribution is -2.32. The first-order valence-electron chi connectivity index (χ1n) is 10.3. The largest absolute Gasteiger partial charge is 0.496 e. The molecular formula is C23H27NO6S. The number of carbonyl (C=O) groups is 2. The van der Waals surface area contributed by atoms with E-state index < -0.39 is 22.1 Å². The summed E-state index contributed by atoms with van der Waals surface area (Å²) in [6.07, 6.45) is 2.58. The van der Waals surface area contributed by atoms with Crippen molar-refractivity contribution in [2.24, 2.45) is 0 Å². The van der Waals surface area contributed by atoms with E-state index >= 15 is 0 Å². The predicted molar refractivity (Wildman–Crippen MR) is 116 cm³/mol. The summed E-state index contributed by atoms with van der Waals surface area (Å²) in [6, 6.07) is 12.6. The van der Waals surface area contributed by atoms with Gasteiger partial charge < -0.3 is 9.47 Å². The molecule has 0 saturated carbocycles. The van der Waals surface area contributed by atoms with Crippen LogP contribution in [0.15, 0.2) is 53.4 Å². The molecule has 0 bridgehead atoms. The molecule has 31 heavy (non-hydrogen) atoms. The third-order valence-corrected chi connectivity index (χ3v) is 7.20. The van der Waals surface area contributed by atoms with Crippen LogP contribution < -0.4 is 4.74 Å². The van der Waals surface area contributed by atoms with Gasteiger partial charge >= 0.3 is 5.97 Å². The number of carbonyl (C=O) groups excluding carboxylic acids is 2. The van der Waals surface area contributed by atoms with Crippen LogP contribution in [0.25, 0.3) is 0 Å². The summed E-state index contributed by atoms with van der Waals surface area (Å²) in [5, 5.41) is 0. The zero-order valence-electron chi connectivity index (χ0n) is 17.7. The van der Waals surface area contributed by atoms with E-state index in [2.05, 4.69) is 0 Å². The summed E-state index contributed by atoms with van der Waals surface area (Å²) in [5.74, 6) is -0.984. The molecule has 1 heterocycles. The summed E-state index contributed by atoms with van der Waals surface area (Å²) in [5.41, 5.74) is 0.387. The van der Waals surface area contributed by atoms with E-state index in [9.17, 15) is 18.0 Å². The van der Waals surface area contributed by atoms with Crippen LogP contribution in [-0.4, -0.2) is 50.8 Å². The molecule has 1 aliphatic rings. The van der Waals surface area contributed by atoms with Crippen LogP contribution in [0.1, 0.15) is 53.3 Å². The third kappa shape index (κ3) is 5.32. The van der Waals surface area contributed by atoms with E-state index in [-0.39, 0.29) is 22.0 Å². The number of esters is 1. The molecule has 2 aromatic carbocycles. The molecule has 2 aromatic rings. The SMILES string of the molecule is COc1ccc(S(=O)(=O)N2CCCCCC2)cc1C(=O)OC(C)C(=O)c1ccccc1. The van der Waals surface area contributed by atoms with E-state index in [4.69, 9.17) is 9.47 Å². The Morgan fingerprint density at radius 2 is 1.61 bits per heavy atom. The normalized spacial score (nSPS) is 16.2. The van der Waals surface area contributed by atoms with Gasteiger partial charge in [-0.1, -0.05) is 43.2 Å². The zero-order chi connectivity index (χ0) is 22.4. The molecule has 3 rings (SSSR count). The summed E-state index contributed by atoms with van der Waals surface area (Å²) in [4.78, 5) is 25.3. The van der Waals surface area contributed by atoms with Crippen LogP contribution in [0, 0.1) is 0 Å². The minimum absolute atomic E-state index is 0.00388. The molecule has 1 unspecified atom stereocenters. The van der Waals surface area contributed by atoms with Crippen molar-refractivity contribution in [2.45, 2.75) is 43.6 Å². The second-order valence-electron chi connectivity index (χ2n) is 7.46. The van der Waals surface area contributed by atoms with E-state index in [1.165, 1.54) is 36.5 Å². The number of hydrogen-bond donors (Lipinski definition) is 0. The lowest BCUT2D eigenvalue weighted by atomic mass is 10.1. The fourth-order valence-corrected chi connectivity index (χ4v) is 5.10. The fraction of sp³-hybridized carbons (Fsp3) is 0.391. The fourth-order valence-electron chi connectivity index (χ4n) is 3.55. The predicted octanol–water partition coefficient (Wildman–Crippen LogP) is 3.69. The Kier molecular flexibility index (Phi) is 7.46. The lowest BCUT2D eigenvalue weighted by molar-refractivity contribution is 0.0315. The number of hydrogen-bond acceptors (Lipinski definition) is 6. The van der Waals surface area contributed by atoms with Crippen molar-refractivity contribution in [3.63, 3.8) is 0 Å². The first-order chi connectivity index (χ1) is 14.8. The van der Waals surface area contributed by atoms with Crippen molar-refractivity contribution in [1.82, 2.24) is 4.31 Å². The van der Waals surface area contributed by atoms with Crippen LogP contribution in [-0.2, 0) is 14.8 Å². The van der Waals surface area contributed by atoms with Gasteiger partial charge in [-0.05, 0) is 38.0 Å². The quantitative estimate of drug-likeness (QED) is 0.477. The van der Waals surface area contributed by atoms with Crippen molar-refractivity contribution in [1.29, 1.82) is 0 Å². The van der Waals surface area contributed by atoms with Gasteiger partial charge in [0.25, 0.3) is 0 Å². The number of ether oxygens (including phenoxy) is 2. The highest BCUT2D eigenvalue weighted by molar-refractivity contribution is 7.89. The number of nitrogens with zero attached hydrogens (tertiary/aromatic N) is 1. The van der Waals surface area contributed by atoms with Crippen molar-refractivity contribution in [3.05, 3.63) is 59.7 Å². The molecule has 0 radical (unpaired) electrons. The standard InChI is InChI=1S/C23H27NO6S/c1-17(22(25)18-10-6-5-7-11-18)30-23(26)20-16-19(12-13-21(20)29-2)31(27,28)24-14-8-3-4-9-15-24/h5-7,10-13,16-17H,3-4,8-9,14-15H2,1-2H3. The molecule has 8 heteroatoms. The molecule has 1 saturated heterocycles. The highest BCUT2D eigenvalue weighted by atomic mass is 32.2. The Bertz CT molecular complexity index is 1030. The molecule has 1 fully saturated rings. The maximum absolute atomic E-state index is 13.1. The first-order valence-corrected chi connectivity index (χ1v) is 11.8. The van der Waals surface area contributed by atoms with Crippen LogP contribution in [0.4, 0.5) is 0 Å². The third-order valence-electron chi connectivity index (χ3n) is 5.31. The Labute approximate surface area is 183 Å². The summed E-state index contributed by atoms with van der Waals surface area (Å²) < 4.78 is 38.3. The van der Waals surface area contributed by atoms with E-state index in [1.807, 2.05) is 0 Å². The molecule has 0 aliphatic carbocycles. The van der Waals surface area contributed by atoms with E-state index in [1.54, 1.807) is 30.3 Å². The topological polar surface area (TPSA) is 90.0 Å². The van der Waals surface area contributed by atoms with Gasteiger partial charge in [-0.2, -0.15) is 4.31 Å². The van der Waals surface area contributed by atoms with Gasteiger partial charge in [-0.15, -0.1) is 0 Å². The number of sulfonamides is 1. The van der Waals surface area contributed by atoms with Gasteiger partial charge in [-0.25, -0.2) is 13.2 Å². The van der Waals surface area contributed by atoms with Crippen molar-refractivity contribution in [2.75, 3.05) is 20.2 Å². The lowest BCUT2D eigenvalue weighted by Gasteiger charge is -2.21. The second kappa shape index (κ2) is 10.1. The second-order valence-corrected chi connectivity index (χ2v) is 9.40. The summed E-state index contributed by atoms with van der Waals surface area (Å²) in [6.45, 7) is 2.39. The molecule has 0 N–H and O–H groups in total. The van der Waals surface area contributed by atoms with Gasteiger partial charge in [0.05, 0.1) is 12.0 Å². The average Bonchev–Trinajstić information content (AvgIpc) is 3.09. The Hall–Kier alpha value is -2.71. The smallest absolute Gasteiger partial charge is 0.342 e. The van der Waals surface area contributed by atoms with Gasteiger partial charge in [0, 0.05) is 18.7 Å². The van der Waals surface area contributed by atoms with Gasteiger partial charge in [0.15, 0.2) is 6.10 Å². The molecule has 0 spiro atoms. The number of Topliss-reactive ketones (excluding diaryl/α,β-unsaturated/α-hetero) is 1. The molecule has 7 nitrogen and oxygen atoms in total. The maximum Gasteiger partial charge on any atom is 0.342 e. The Morgan fingerprint density at radius 1 is 0.968 bits per heavy atom. The van der Waals surface area contributed by atoms with Crippen molar-refractivity contribution in [3.8, 4) is 5.75 Å². The molecule has 166 valence electrons. The van der Waals surface area contributed by atoms with Crippen molar-refractivity contribution >= 4 is 21.8 Å². The van der Waals surface area contributed by atoms with Crippen molar-refractivity contribution < 1.29 is 27.5 Å². The first kappa shape index (κ1) is 23.0. The van der Waals surface area contributed by atoms with E-state index in [0.29, 0.717) is 18.7 Å². The molecule has 0 amide bonds.